The van der Waals surface area contributed by atoms with Crippen LogP contribution in [-0.4, -0.2) is 63.1 Å². The number of anilines is 3. The third-order valence-corrected chi connectivity index (χ3v) is 7.62. The second-order valence-corrected chi connectivity index (χ2v) is 9.84. The first-order chi connectivity index (χ1) is 19.5. The van der Waals surface area contributed by atoms with Crippen LogP contribution in [0.3, 0.4) is 0 Å². The Morgan fingerprint density at radius 2 is 1.43 bits per heavy atom. The number of hydrogen-bond acceptors (Lipinski definition) is 5. The van der Waals surface area contributed by atoms with Crippen molar-refractivity contribution in [3.8, 4) is 5.75 Å². The maximum Gasteiger partial charge on any atom is 0.256 e. The average molecular weight is 537 g/mol. The molecule has 0 saturated carbocycles. The van der Waals surface area contributed by atoms with Crippen molar-refractivity contribution in [3.63, 3.8) is 0 Å². The molecular formula is C33H36N4O3. The lowest BCUT2D eigenvalue weighted by molar-refractivity contribution is 0.0773. The molecule has 1 N–H and O–H groups in total. The first-order valence-corrected chi connectivity index (χ1v) is 13.9. The third kappa shape index (κ3) is 5.45. The van der Waals surface area contributed by atoms with Crippen molar-refractivity contribution in [1.82, 2.24) is 4.90 Å². The number of amides is 2. The van der Waals surface area contributed by atoms with Gasteiger partial charge in [0, 0.05) is 56.2 Å². The van der Waals surface area contributed by atoms with Crippen LogP contribution in [0.5, 0.6) is 5.75 Å². The van der Waals surface area contributed by atoms with Gasteiger partial charge in [-0.1, -0.05) is 48.5 Å². The van der Waals surface area contributed by atoms with E-state index in [1.54, 1.807) is 7.11 Å². The third-order valence-electron chi connectivity index (χ3n) is 7.62. The Morgan fingerprint density at radius 1 is 0.775 bits per heavy atom. The number of piperazine rings is 1. The van der Waals surface area contributed by atoms with Crippen LogP contribution in [0.1, 0.15) is 34.6 Å². The number of nitrogens with zero attached hydrogens (tertiary/aromatic N) is 3. The fourth-order valence-corrected chi connectivity index (χ4v) is 5.44. The van der Waals surface area contributed by atoms with Gasteiger partial charge in [0.05, 0.1) is 18.4 Å². The summed E-state index contributed by atoms with van der Waals surface area (Å²) < 4.78 is 5.57. The highest BCUT2D eigenvalue weighted by atomic mass is 16.5. The Morgan fingerprint density at radius 3 is 2.15 bits per heavy atom. The van der Waals surface area contributed by atoms with Crippen LogP contribution in [0.4, 0.5) is 17.1 Å². The smallest absolute Gasteiger partial charge is 0.256 e. The van der Waals surface area contributed by atoms with Gasteiger partial charge >= 0.3 is 0 Å². The Kier molecular flexibility index (Phi) is 8.20. The highest BCUT2D eigenvalue weighted by Gasteiger charge is 2.25. The van der Waals surface area contributed by atoms with E-state index in [2.05, 4.69) is 21.2 Å². The zero-order valence-corrected chi connectivity index (χ0v) is 23.4. The summed E-state index contributed by atoms with van der Waals surface area (Å²) >= 11 is 0. The zero-order chi connectivity index (χ0) is 28.1. The molecule has 0 bridgehead atoms. The average Bonchev–Trinajstić information content (AvgIpc) is 3.01. The molecule has 0 aromatic heterocycles. The largest absolute Gasteiger partial charge is 0.495 e. The Hall–Kier alpha value is -4.52. The molecule has 40 heavy (non-hydrogen) atoms. The summed E-state index contributed by atoms with van der Waals surface area (Å²) in [6.45, 7) is 8.33. The zero-order valence-electron chi connectivity index (χ0n) is 23.4. The van der Waals surface area contributed by atoms with E-state index in [0.29, 0.717) is 29.9 Å². The van der Waals surface area contributed by atoms with Gasteiger partial charge < -0.3 is 24.8 Å². The van der Waals surface area contributed by atoms with Crippen molar-refractivity contribution in [2.24, 2.45) is 0 Å². The van der Waals surface area contributed by atoms with Crippen molar-refractivity contribution in [1.29, 1.82) is 0 Å². The van der Waals surface area contributed by atoms with E-state index < -0.39 is 0 Å². The number of rotatable bonds is 8. The van der Waals surface area contributed by atoms with E-state index >= 15 is 0 Å². The lowest BCUT2D eigenvalue weighted by Gasteiger charge is -2.38. The summed E-state index contributed by atoms with van der Waals surface area (Å²) in [7, 11) is 1.70. The summed E-state index contributed by atoms with van der Waals surface area (Å²) in [6.07, 6.45) is 0. The Balaban J connectivity index is 1.41. The molecule has 7 nitrogen and oxygen atoms in total. The van der Waals surface area contributed by atoms with Crippen molar-refractivity contribution in [2.75, 3.05) is 61.5 Å². The number of benzene rings is 4. The molecule has 7 heteroatoms. The molecule has 5 rings (SSSR count). The molecule has 1 aliphatic rings. The van der Waals surface area contributed by atoms with Gasteiger partial charge in [0.25, 0.3) is 11.8 Å². The molecule has 1 aliphatic heterocycles. The molecule has 4 aromatic carbocycles. The Labute approximate surface area is 236 Å². The minimum absolute atomic E-state index is 0.0339. The van der Waals surface area contributed by atoms with Gasteiger partial charge in [-0.15, -0.1) is 0 Å². The number of nitrogens with one attached hydrogen (secondary N) is 1. The van der Waals surface area contributed by atoms with Crippen LogP contribution >= 0.6 is 0 Å². The van der Waals surface area contributed by atoms with Gasteiger partial charge in [-0.2, -0.15) is 0 Å². The molecule has 0 radical (unpaired) electrons. The van der Waals surface area contributed by atoms with E-state index in [1.807, 2.05) is 97.6 Å². The van der Waals surface area contributed by atoms with E-state index in [0.717, 1.165) is 54.1 Å². The van der Waals surface area contributed by atoms with Crippen molar-refractivity contribution in [2.45, 2.75) is 13.8 Å². The predicted octanol–water partition coefficient (Wildman–Crippen LogP) is 5.91. The number of hydrogen-bond donors (Lipinski definition) is 1. The molecule has 1 saturated heterocycles. The van der Waals surface area contributed by atoms with Gasteiger partial charge in [0.15, 0.2) is 0 Å². The molecule has 206 valence electrons. The fraction of sp³-hybridized carbons (Fsp3) is 0.273. The fourth-order valence-electron chi connectivity index (χ4n) is 5.44. The van der Waals surface area contributed by atoms with Gasteiger partial charge in [-0.05, 0) is 61.0 Å². The molecule has 4 aromatic rings. The number of methoxy groups -OCH3 is 1. The van der Waals surface area contributed by atoms with Crippen LogP contribution in [0.2, 0.25) is 0 Å². The minimum atomic E-state index is -0.198. The predicted molar refractivity (Wildman–Crippen MR) is 163 cm³/mol. The standard InChI is InChI=1S/C33H36N4O3/c1-4-35(5-2)33(39)28-23-25(34-32(38)27-14-10-12-24-11-6-7-13-26(24)27)17-18-29(28)36-19-21-37(22-20-36)30-15-8-9-16-31(30)40-3/h6-18,23H,4-5,19-22H2,1-3H3,(H,34,38). The highest BCUT2D eigenvalue weighted by Crippen LogP contribution is 2.32. The molecule has 1 heterocycles. The first kappa shape index (κ1) is 27.1. The van der Waals surface area contributed by atoms with E-state index in [4.69, 9.17) is 4.74 Å². The minimum Gasteiger partial charge on any atom is -0.495 e. The summed E-state index contributed by atoms with van der Waals surface area (Å²) in [6, 6.07) is 27.3. The lowest BCUT2D eigenvalue weighted by Crippen LogP contribution is -2.47. The number of carbonyl (C=O) groups is 2. The van der Waals surface area contributed by atoms with Gasteiger partial charge in [-0.3, -0.25) is 9.59 Å². The molecule has 0 aliphatic carbocycles. The topological polar surface area (TPSA) is 65.1 Å². The van der Waals surface area contributed by atoms with Crippen molar-refractivity contribution >= 4 is 39.6 Å². The quantitative estimate of drug-likeness (QED) is 0.303. The number of ether oxygens (including phenoxy) is 1. The summed E-state index contributed by atoms with van der Waals surface area (Å²) in [5, 5.41) is 4.95. The van der Waals surface area contributed by atoms with Gasteiger partial charge in [0.2, 0.25) is 0 Å². The lowest BCUT2D eigenvalue weighted by atomic mass is 10.0. The molecule has 2 amide bonds. The van der Waals surface area contributed by atoms with Crippen LogP contribution in [-0.2, 0) is 0 Å². The van der Waals surface area contributed by atoms with Crippen LogP contribution in [0.15, 0.2) is 84.9 Å². The first-order valence-electron chi connectivity index (χ1n) is 13.9. The van der Waals surface area contributed by atoms with Crippen molar-refractivity contribution < 1.29 is 14.3 Å². The summed E-state index contributed by atoms with van der Waals surface area (Å²) in [5.41, 5.74) is 3.77. The summed E-state index contributed by atoms with van der Waals surface area (Å²) in [4.78, 5) is 33.4. The van der Waals surface area contributed by atoms with Gasteiger partial charge in [-0.25, -0.2) is 0 Å². The number of fused-ring (bicyclic) bond motifs is 1. The van der Waals surface area contributed by atoms with Crippen molar-refractivity contribution in [3.05, 3.63) is 96.1 Å². The maximum atomic E-state index is 13.7. The number of para-hydroxylation sites is 2. The van der Waals surface area contributed by atoms with E-state index in [9.17, 15) is 9.59 Å². The van der Waals surface area contributed by atoms with E-state index in [1.165, 1.54) is 0 Å². The normalized spacial score (nSPS) is 13.3. The van der Waals surface area contributed by atoms with Crippen LogP contribution in [0.25, 0.3) is 10.8 Å². The second-order valence-electron chi connectivity index (χ2n) is 9.84. The molecule has 1 fully saturated rings. The Bertz CT molecular complexity index is 1500. The second kappa shape index (κ2) is 12.1. The molecule has 0 spiro atoms. The van der Waals surface area contributed by atoms with Crippen LogP contribution in [0, 0.1) is 0 Å². The molecular weight excluding hydrogens is 500 g/mol. The van der Waals surface area contributed by atoms with E-state index in [-0.39, 0.29) is 11.8 Å². The SMILES string of the molecule is CCN(CC)C(=O)c1cc(NC(=O)c2cccc3ccccc23)ccc1N1CCN(c2ccccc2OC)CC1. The van der Waals surface area contributed by atoms with Crippen LogP contribution < -0.4 is 19.9 Å². The number of carbonyl (C=O) groups excluding carboxylic acids is 2. The highest BCUT2D eigenvalue weighted by molar-refractivity contribution is 6.13. The molecule has 0 unspecified atom stereocenters. The molecule has 0 atom stereocenters. The van der Waals surface area contributed by atoms with Gasteiger partial charge in [0.1, 0.15) is 5.75 Å². The monoisotopic (exact) mass is 536 g/mol. The summed E-state index contributed by atoms with van der Waals surface area (Å²) in [5.74, 6) is 0.629. The maximum absolute atomic E-state index is 13.7.